The molecule has 0 radical (unpaired) electrons. The largest absolute Gasteiger partial charge is 0.393 e. The summed E-state index contributed by atoms with van der Waals surface area (Å²) in [5.74, 6) is 1.38. The fourth-order valence-corrected chi connectivity index (χ4v) is 5.36. The molecule has 194 valence electrons. The first-order chi connectivity index (χ1) is 17.3. The molecule has 3 aromatic heterocycles. The lowest BCUT2D eigenvalue weighted by atomic mass is 9.80. The van der Waals surface area contributed by atoms with E-state index < -0.39 is 18.0 Å². The van der Waals surface area contributed by atoms with Crippen LogP contribution in [0.3, 0.4) is 0 Å². The monoisotopic (exact) mass is 501 g/mol. The Labute approximate surface area is 208 Å². The van der Waals surface area contributed by atoms with Crippen molar-refractivity contribution in [2.45, 2.75) is 70.9 Å². The van der Waals surface area contributed by atoms with Crippen LogP contribution in [0.2, 0.25) is 0 Å². The van der Waals surface area contributed by atoms with Gasteiger partial charge in [0.15, 0.2) is 11.3 Å². The van der Waals surface area contributed by atoms with Gasteiger partial charge in [0.2, 0.25) is 0 Å². The summed E-state index contributed by atoms with van der Waals surface area (Å²) in [6.45, 7) is 5.76. The Kier molecular flexibility index (Phi) is 6.92. The Hall–Kier alpha value is -3.08. The smallest absolute Gasteiger partial charge is 0.284 e. The number of alkyl halides is 2. The number of hydrogen-bond acceptors (Lipinski definition) is 6. The van der Waals surface area contributed by atoms with Gasteiger partial charge in [-0.15, -0.1) is 0 Å². The van der Waals surface area contributed by atoms with Crippen LogP contribution in [0.15, 0.2) is 24.7 Å². The summed E-state index contributed by atoms with van der Waals surface area (Å²) in [6.07, 6.45) is 6.68. The molecule has 2 aliphatic rings. The number of hydrogen-bond donors (Lipinski definition) is 2. The van der Waals surface area contributed by atoms with Gasteiger partial charge in [0, 0.05) is 25.5 Å². The average molecular weight is 502 g/mol. The van der Waals surface area contributed by atoms with Gasteiger partial charge in [-0.3, -0.25) is 9.48 Å². The minimum atomic E-state index is -2.81. The molecule has 3 aromatic rings. The summed E-state index contributed by atoms with van der Waals surface area (Å²) in [5, 5.41) is 20.8. The number of nitrogens with one attached hydrogen (secondary N) is 1. The molecule has 1 aliphatic heterocycles. The molecule has 36 heavy (non-hydrogen) atoms. The van der Waals surface area contributed by atoms with E-state index in [-0.39, 0.29) is 23.4 Å². The van der Waals surface area contributed by atoms with Crippen LogP contribution in [0.1, 0.15) is 80.9 Å². The summed E-state index contributed by atoms with van der Waals surface area (Å²) in [4.78, 5) is 19.8. The van der Waals surface area contributed by atoms with Crippen molar-refractivity contribution >= 4 is 23.1 Å². The fourth-order valence-electron chi connectivity index (χ4n) is 5.36. The van der Waals surface area contributed by atoms with E-state index in [1.807, 2.05) is 11.0 Å². The topological polar surface area (TPSA) is 101 Å². The number of nitrogens with zero attached hydrogens (tertiary/aromatic N) is 6. The molecule has 0 spiro atoms. The minimum Gasteiger partial charge on any atom is -0.393 e. The molecular formula is C25H33F2N7O2. The maximum absolute atomic E-state index is 13.8. The molecule has 2 fully saturated rings. The molecule has 1 aliphatic carbocycles. The number of carbonyl (C=O) groups is 1. The highest BCUT2D eigenvalue weighted by Crippen LogP contribution is 2.37. The predicted octanol–water partition coefficient (Wildman–Crippen LogP) is 4.46. The molecule has 2 N–H and O–H groups in total. The van der Waals surface area contributed by atoms with E-state index in [2.05, 4.69) is 34.3 Å². The molecule has 1 saturated carbocycles. The lowest BCUT2D eigenvalue weighted by molar-refractivity contribution is 0.102. The summed E-state index contributed by atoms with van der Waals surface area (Å²) in [7, 11) is 0. The SMILES string of the molecule is CC(C)[C@H]1CC[C@H](n2cc(NC(=O)c3cnn4ccc(N5CCC(O)CC5)nc34)c(C(F)F)n2)CC1. The van der Waals surface area contributed by atoms with Crippen molar-refractivity contribution in [2.24, 2.45) is 11.8 Å². The highest BCUT2D eigenvalue weighted by molar-refractivity contribution is 6.08. The third kappa shape index (κ3) is 4.93. The van der Waals surface area contributed by atoms with Crippen molar-refractivity contribution in [3.8, 4) is 0 Å². The molecule has 1 saturated heterocycles. The zero-order chi connectivity index (χ0) is 25.4. The molecule has 0 atom stereocenters. The van der Waals surface area contributed by atoms with Gasteiger partial charge in [0.25, 0.3) is 12.3 Å². The maximum atomic E-state index is 13.8. The number of aliphatic hydroxyl groups excluding tert-OH is 1. The summed E-state index contributed by atoms with van der Waals surface area (Å²) in [6, 6.07) is 1.86. The first-order valence-electron chi connectivity index (χ1n) is 12.8. The number of carbonyl (C=O) groups excluding carboxylic acids is 1. The maximum Gasteiger partial charge on any atom is 0.284 e. The van der Waals surface area contributed by atoms with E-state index in [4.69, 9.17) is 0 Å². The molecule has 11 heteroatoms. The molecule has 9 nitrogen and oxygen atoms in total. The quantitative estimate of drug-likeness (QED) is 0.517. The minimum absolute atomic E-state index is 0.0153. The second kappa shape index (κ2) is 10.1. The van der Waals surface area contributed by atoms with Crippen LogP contribution in [-0.4, -0.2) is 54.6 Å². The first-order valence-corrected chi connectivity index (χ1v) is 12.8. The average Bonchev–Trinajstić information content (AvgIpc) is 3.49. The number of anilines is 2. The molecule has 0 aromatic carbocycles. The highest BCUT2D eigenvalue weighted by Gasteiger charge is 2.28. The fraction of sp³-hybridized carbons (Fsp3) is 0.600. The number of aliphatic hydroxyl groups is 1. The van der Waals surface area contributed by atoms with Gasteiger partial charge in [-0.1, -0.05) is 13.8 Å². The van der Waals surface area contributed by atoms with Gasteiger partial charge in [0.1, 0.15) is 11.4 Å². The van der Waals surface area contributed by atoms with Crippen LogP contribution in [0, 0.1) is 11.8 Å². The van der Waals surface area contributed by atoms with E-state index in [0.717, 1.165) is 25.7 Å². The van der Waals surface area contributed by atoms with Crippen molar-refractivity contribution < 1.29 is 18.7 Å². The number of rotatable bonds is 6. The second-order valence-corrected chi connectivity index (χ2v) is 10.3. The van der Waals surface area contributed by atoms with Crippen LogP contribution in [-0.2, 0) is 0 Å². The number of fused-ring (bicyclic) bond motifs is 1. The molecular weight excluding hydrogens is 468 g/mol. The van der Waals surface area contributed by atoms with Crippen LogP contribution in [0.5, 0.6) is 0 Å². The van der Waals surface area contributed by atoms with Crippen LogP contribution >= 0.6 is 0 Å². The van der Waals surface area contributed by atoms with Gasteiger partial charge < -0.3 is 15.3 Å². The van der Waals surface area contributed by atoms with Crippen molar-refractivity contribution in [1.82, 2.24) is 24.4 Å². The first kappa shape index (κ1) is 24.6. The van der Waals surface area contributed by atoms with Crippen molar-refractivity contribution in [3.63, 3.8) is 0 Å². The van der Waals surface area contributed by atoms with Crippen LogP contribution < -0.4 is 10.2 Å². The number of aromatic nitrogens is 5. The van der Waals surface area contributed by atoms with E-state index in [9.17, 15) is 18.7 Å². The van der Waals surface area contributed by atoms with Crippen molar-refractivity contribution in [1.29, 1.82) is 0 Å². The normalized spacial score (nSPS) is 21.6. The van der Waals surface area contributed by atoms with E-state index in [1.54, 1.807) is 10.9 Å². The van der Waals surface area contributed by atoms with Gasteiger partial charge in [-0.05, 0) is 56.4 Å². The number of piperidine rings is 1. The Balaban J connectivity index is 1.35. The van der Waals surface area contributed by atoms with Crippen LogP contribution in [0.25, 0.3) is 5.65 Å². The summed E-state index contributed by atoms with van der Waals surface area (Å²) in [5.41, 5.74) is 0.126. The molecule has 5 rings (SSSR count). The van der Waals surface area contributed by atoms with Gasteiger partial charge >= 0.3 is 0 Å². The Morgan fingerprint density at radius 1 is 1.14 bits per heavy atom. The van der Waals surface area contributed by atoms with E-state index >= 15 is 0 Å². The third-order valence-corrected chi connectivity index (χ3v) is 7.66. The van der Waals surface area contributed by atoms with Crippen LogP contribution in [0.4, 0.5) is 20.3 Å². The number of halogens is 2. The van der Waals surface area contributed by atoms with E-state index in [1.165, 1.54) is 16.9 Å². The second-order valence-electron chi connectivity index (χ2n) is 10.3. The van der Waals surface area contributed by atoms with Crippen molar-refractivity contribution in [3.05, 3.63) is 35.9 Å². The third-order valence-electron chi connectivity index (χ3n) is 7.66. The lowest BCUT2D eigenvalue weighted by Crippen LogP contribution is -2.36. The van der Waals surface area contributed by atoms with Gasteiger partial charge in [-0.25, -0.2) is 18.3 Å². The Morgan fingerprint density at radius 2 is 1.86 bits per heavy atom. The molecule has 0 unspecified atom stereocenters. The molecule has 0 bridgehead atoms. The Morgan fingerprint density at radius 3 is 2.53 bits per heavy atom. The van der Waals surface area contributed by atoms with Crippen molar-refractivity contribution in [2.75, 3.05) is 23.3 Å². The molecule has 1 amide bonds. The van der Waals surface area contributed by atoms with Gasteiger partial charge in [-0.2, -0.15) is 10.2 Å². The Bertz CT molecular complexity index is 1210. The lowest BCUT2D eigenvalue weighted by Gasteiger charge is -2.30. The van der Waals surface area contributed by atoms with E-state index in [0.29, 0.717) is 49.2 Å². The highest BCUT2D eigenvalue weighted by atomic mass is 19.3. The summed E-state index contributed by atoms with van der Waals surface area (Å²) < 4.78 is 30.7. The summed E-state index contributed by atoms with van der Waals surface area (Å²) >= 11 is 0. The zero-order valence-electron chi connectivity index (χ0n) is 20.6. The standard InChI is InChI=1S/C25H33F2N7O2/c1-15(2)16-3-5-17(6-4-16)34-14-20(22(31-34)23(26)27)29-25(36)19-13-28-33-12-9-21(30-24(19)33)32-10-7-18(35)8-11-32/h9,12-18,23,35H,3-8,10-11H2,1-2H3,(H,29,36)/t16-,17-. The van der Waals surface area contributed by atoms with Gasteiger partial charge in [0.05, 0.1) is 24.0 Å². The molecule has 4 heterocycles. The number of amides is 1. The zero-order valence-corrected chi connectivity index (χ0v) is 20.6. The predicted molar refractivity (Wildman–Crippen MR) is 131 cm³/mol.